The predicted molar refractivity (Wildman–Crippen MR) is 177 cm³/mol. The van der Waals surface area contributed by atoms with E-state index >= 15 is 0 Å². The van der Waals surface area contributed by atoms with E-state index in [4.69, 9.17) is 10.5 Å². The summed E-state index contributed by atoms with van der Waals surface area (Å²) in [7, 11) is 1.61. The lowest BCUT2D eigenvalue weighted by Gasteiger charge is -2.58. The number of amides is 3. The van der Waals surface area contributed by atoms with E-state index in [9.17, 15) is 14.8 Å². The fraction of sp³-hybridized carbons (Fsp3) is 0.375. The van der Waals surface area contributed by atoms with E-state index in [0.29, 0.717) is 31.2 Å². The van der Waals surface area contributed by atoms with Crippen LogP contribution in [0.3, 0.4) is 0 Å². The smallest absolute Gasteiger partial charge is 0.332 e. The van der Waals surface area contributed by atoms with Crippen molar-refractivity contribution in [3.63, 3.8) is 0 Å². The van der Waals surface area contributed by atoms with Crippen LogP contribution in [-0.4, -0.2) is 98.0 Å². The quantitative estimate of drug-likeness (QED) is 0.313. The predicted octanol–water partition coefficient (Wildman–Crippen LogP) is 3.60. The van der Waals surface area contributed by atoms with Crippen molar-refractivity contribution < 1.29 is 19.5 Å². The lowest BCUT2D eigenvalue weighted by Crippen LogP contribution is -2.76. The minimum atomic E-state index is -1.06. The molecule has 1 aromatic heterocycles. The van der Waals surface area contributed by atoms with Gasteiger partial charge in [0.25, 0.3) is 0 Å². The number of nitrogens with zero attached hydrogens (tertiary/aromatic N) is 7. The van der Waals surface area contributed by atoms with Crippen LogP contribution in [0.15, 0.2) is 71.9 Å². The first-order valence-electron chi connectivity index (χ1n) is 15.1. The van der Waals surface area contributed by atoms with E-state index in [1.807, 2.05) is 66.2 Å². The number of piperazine rings is 1. The van der Waals surface area contributed by atoms with Crippen molar-refractivity contribution in [2.24, 2.45) is 4.99 Å². The number of nitrogen functional groups attached to an aromatic ring is 1. The first-order chi connectivity index (χ1) is 22.1. The number of aromatic nitrogens is 1. The molecule has 46 heavy (non-hydrogen) atoms. The number of carbonyl (C=O) groups is 2. The minimum absolute atomic E-state index is 0.00460. The van der Waals surface area contributed by atoms with E-state index < -0.39 is 17.9 Å². The zero-order valence-electron chi connectivity index (χ0n) is 26.2. The highest BCUT2D eigenvalue weighted by Gasteiger charge is 2.59. The van der Waals surface area contributed by atoms with Gasteiger partial charge in [0.05, 0.1) is 36.5 Å². The number of hydrazine groups is 1. The summed E-state index contributed by atoms with van der Waals surface area (Å²) in [6, 6.07) is 12.6. The monoisotopic (exact) mass is 645 g/mol. The van der Waals surface area contributed by atoms with Crippen LogP contribution in [0.4, 0.5) is 9.93 Å². The van der Waals surface area contributed by atoms with Gasteiger partial charge in [0.1, 0.15) is 23.9 Å². The molecular formula is C32H39N9O4S. The van der Waals surface area contributed by atoms with Gasteiger partial charge in [0.15, 0.2) is 5.13 Å². The van der Waals surface area contributed by atoms with Crippen molar-refractivity contribution in [2.45, 2.75) is 51.2 Å². The molecule has 4 heterocycles. The molecule has 1 unspecified atom stereocenters. The first-order valence-corrected chi connectivity index (χ1v) is 15.9. The van der Waals surface area contributed by atoms with Crippen LogP contribution in [0, 0.1) is 0 Å². The summed E-state index contributed by atoms with van der Waals surface area (Å²) >= 11 is 1.42. The number of hydrogen-bond acceptors (Lipinski definition) is 11. The number of hydrogen-bond donors (Lipinski definition) is 3. The van der Waals surface area contributed by atoms with Crippen LogP contribution in [0.25, 0.3) is 10.2 Å². The van der Waals surface area contributed by atoms with E-state index in [2.05, 4.69) is 26.8 Å². The Hall–Kier alpha value is -4.50. The number of nitrogens with two attached hydrogens (primary N) is 1. The van der Waals surface area contributed by atoms with Gasteiger partial charge in [-0.25, -0.2) is 19.8 Å². The summed E-state index contributed by atoms with van der Waals surface area (Å²) in [6.45, 7) is 8.99. The third-order valence-electron chi connectivity index (χ3n) is 9.02. The SMILES string of the molecule is C=CCN(C(=O)NCc1ccc(OC)cc1)N1CC(=O)N2[C@H]3C/C(C)=C/N=C\N(O)C3(C)N(Cc3cccc4sc(N)nc34)C[C@@H]21. The molecule has 0 spiro atoms. The molecule has 3 aliphatic heterocycles. The van der Waals surface area contributed by atoms with Crippen molar-refractivity contribution in [1.82, 2.24) is 35.2 Å². The molecule has 3 aliphatic rings. The summed E-state index contributed by atoms with van der Waals surface area (Å²) in [6.07, 6.45) is 4.70. The van der Waals surface area contributed by atoms with E-state index in [1.165, 1.54) is 17.7 Å². The van der Waals surface area contributed by atoms with Crippen LogP contribution in [0.2, 0.25) is 0 Å². The third kappa shape index (κ3) is 5.68. The second kappa shape index (κ2) is 12.7. The average Bonchev–Trinajstić information content (AvgIpc) is 3.58. The number of benzene rings is 2. The highest BCUT2D eigenvalue weighted by Crippen LogP contribution is 2.42. The number of aliphatic imine (C=N–C) groups is 1. The number of hydroxylamine groups is 2. The van der Waals surface area contributed by atoms with Crippen molar-refractivity contribution >= 4 is 45.0 Å². The molecular weight excluding hydrogens is 606 g/mol. The maximum absolute atomic E-state index is 13.9. The normalized spacial score (nSPS) is 25.2. The van der Waals surface area contributed by atoms with Crippen molar-refractivity contribution in [2.75, 3.05) is 32.5 Å². The number of para-hydroxylation sites is 1. The molecule has 242 valence electrons. The van der Waals surface area contributed by atoms with Gasteiger partial charge in [-0.05, 0) is 49.6 Å². The van der Waals surface area contributed by atoms with Gasteiger partial charge >= 0.3 is 6.03 Å². The van der Waals surface area contributed by atoms with Gasteiger partial charge < -0.3 is 20.7 Å². The zero-order valence-corrected chi connectivity index (χ0v) is 27.0. The number of methoxy groups -OCH3 is 1. The molecule has 2 saturated heterocycles. The molecule has 14 heteroatoms. The number of urea groups is 1. The van der Waals surface area contributed by atoms with E-state index in [1.54, 1.807) is 24.4 Å². The minimum Gasteiger partial charge on any atom is -0.497 e. The van der Waals surface area contributed by atoms with Gasteiger partial charge in [0.2, 0.25) is 5.91 Å². The Morgan fingerprint density at radius 2 is 2.09 bits per heavy atom. The maximum Gasteiger partial charge on any atom is 0.332 e. The topological polar surface area (TPSA) is 143 Å². The van der Waals surface area contributed by atoms with E-state index in [-0.39, 0.29) is 25.0 Å². The van der Waals surface area contributed by atoms with Crippen LogP contribution >= 0.6 is 11.3 Å². The Labute approximate surface area is 271 Å². The largest absolute Gasteiger partial charge is 0.497 e. The van der Waals surface area contributed by atoms with Gasteiger partial charge in [0, 0.05) is 25.8 Å². The Bertz CT molecular complexity index is 1690. The molecule has 13 nitrogen and oxygen atoms in total. The molecule has 4 N–H and O–H groups in total. The fourth-order valence-corrected chi connectivity index (χ4v) is 7.39. The van der Waals surface area contributed by atoms with Crippen molar-refractivity contribution in [3.8, 4) is 5.75 Å². The summed E-state index contributed by atoms with van der Waals surface area (Å²) < 4.78 is 6.21. The molecule has 3 aromatic rings. The van der Waals surface area contributed by atoms with Crippen LogP contribution in [0.5, 0.6) is 5.75 Å². The second-order valence-corrected chi connectivity index (χ2v) is 12.9. The second-order valence-electron chi connectivity index (χ2n) is 11.9. The first kappa shape index (κ1) is 31.5. The summed E-state index contributed by atoms with van der Waals surface area (Å²) in [5.41, 5.74) is 8.63. The summed E-state index contributed by atoms with van der Waals surface area (Å²) in [5.74, 6) is 0.598. The molecule has 0 bridgehead atoms. The van der Waals surface area contributed by atoms with Crippen molar-refractivity contribution in [3.05, 3.63) is 78.0 Å². The molecule has 0 aliphatic carbocycles. The van der Waals surface area contributed by atoms with Crippen LogP contribution < -0.4 is 15.8 Å². The standard InChI is InChI=1S/C32H39N9O4S/c1-5-13-38(31(43)35-16-22-9-11-24(45-4)12-10-22)39-19-28(42)41-26-14-21(2)15-34-20-40(44)32(26,3)37(18-27(39)41)17-23-7-6-8-25-29(23)36-30(33)46-25/h5-12,15,20,26-27,44H,1,13-14,16-19H2,2-4H3,(H2,33,36)(H,35,43)/b21-15+,34-20-/t26-,27+,32?/m0/s1. The lowest BCUT2D eigenvalue weighted by atomic mass is 9.88. The van der Waals surface area contributed by atoms with Gasteiger partial charge in [-0.15, -0.1) is 6.58 Å². The summed E-state index contributed by atoms with van der Waals surface area (Å²) in [4.78, 5) is 40.5. The van der Waals surface area contributed by atoms with Gasteiger partial charge in [-0.2, -0.15) is 5.01 Å². The molecule has 0 radical (unpaired) electrons. The fourth-order valence-electron chi connectivity index (χ4n) is 6.61. The molecule has 6 rings (SSSR count). The number of carbonyl (C=O) groups excluding carboxylic acids is 2. The number of ether oxygens (including phenoxy) is 1. The van der Waals surface area contributed by atoms with Crippen molar-refractivity contribution in [1.29, 1.82) is 0 Å². The Balaban J connectivity index is 1.34. The molecule has 2 aromatic carbocycles. The highest BCUT2D eigenvalue weighted by molar-refractivity contribution is 7.22. The lowest BCUT2D eigenvalue weighted by molar-refractivity contribution is -0.236. The number of anilines is 1. The maximum atomic E-state index is 13.9. The van der Waals surface area contributed by atoms with Gasteiger partial charge in [-0.1, -0.05) is 47.3 Å². The Morgan fingerprint density at radius 3 is 2.83 bits per heavy atom. The number of nitrogens with one attached hydrogen (secondary N) is 1. The average molecular weight is 646 g/mol. The van der Waals surface area contributed by atoms with Crippen LogP contribution in [-0.2, 0) is 17.9 Å². The third-order valence-corrected chi connectivity index (χ3v) is 9.87. The Kier molecular flexibility index (Phi) is 8.70. The van der Waals surface area contributed by atoms with Crippen LogP contribution in [0.1, 0.15) is 31.4 Å². The zero-order chi connectivity index (χ0) is 32.6. The number of rotatable bonds is 8. The summed E-state index contributed by atoms with van der Waals surface area (Å²) in [5, 5.41) is 19.5. The number of fused-ring (bicyclic) bond motifs is 4. The molecule has 2 fully saturated rings. The number of thiazole rings is 1. The molecule has 3 amide bonds. The van der Waals surface area contributed by atoms with E-state index in [0.717, 1.165) is 37.7 Å². The highest BCUT2D eigenvalue weighted by atomic mass is 32.1. The molecule has 3 atom stereocenters. The Morgan fingerprint density at radius 1 is 1.30 bits per heavy atom. The van der Waals surface area contributed by atoms with Gasteiger partial charge in [-0.3, -0.25) is 19.9 Å². The molecule has 0 saturated carbocycles.